The Balaban J connectivity index is 4.36. The highest BCUT2D eigenvalue weighted by molar-refractivity contribution is 4.72. The Labute approximate surface area is 224 Å². The van der Waals surface area contributed by atoms with Crippen molar-refractivity contribution >= 4 is 0 Å². The summed E-state index contributed by atoms with van der Waals surface area (Å²) in [5.41, 5.74) is 0. The smallest absolute Gasteiger partial charge is 0.0635 e. The van der Waals surface area contributed by atoms with E-state index in [1.54, 1.807) is 0 Å². The van der Waals surface area contributed by atoms with E-state index in [1.807, 2.05) is 0 Å². The zero-order valence-electron chi connectivity index (χ0n) is 24.5. The fourth-order valence-corrected chi connectivity index (χ4v) is 4.67. The molecule has 0 fully saturated rings. The van der Waals surface area contributed by atoms with Crippen molar-refractivity contribution in [2.75, 3.05) is 93.8 Å². The molecular weight excluding hydrogens is 448 g/mol. The second-order valence-electron chi connectivity index (χ2n) is 10.6. The molecule has 0 aromatic rings. The monoisotopic (exact) mass is 506 g/mol. The maximum atomic E-state index is 8.74. The van der Waals surface area contributed by atoms with Gasteiger partial charge in [-0.2, -0.15) is 10.5 Å². The van der Waals surface area contributed by atoms with Gasteiger partial charge in [0.2, 0.25) is 0 Å². The lowest BCUT2D eigenvalue weighted by Gasteiger charge is -2.28. The number of hydrogen-bond acceptors (Lipinski definition) is 7. The average Bonchev–Trinajstić information content (AvgIpc) is 2.86. The molecule has 0 atom stereocenters. The van der Waals surface area contributed by atoms with E-state index < -0.39 is 0 Å². The molecule has 0 amide bonds. The van der Waals surface area contributed by atoms with Gasteiger partial charge < -0.3 is 24.3 Å². The molecule has 0 N–H and O–H groups in total. The average molecular weight is 507 g/mol. The van der Waals surface area contributed by atoms with Crippen LogP contribution >= 0.6 is 0 Å². The Morgan fingerprint density at radius 3 is 1.47 bits per heavy atom. The van der Waals surface area contributed by atoms with E-state index in [2.05, 4.69) is 66.9 Å². The van der Waals surface area contributed by atoms with Crippen molar-refractivity contribution in [1.29, 1.82) is 10.5 Å². The van der Waals surface area contributed by atoms with Crippen LogP contribution in [0, 0.1) is 28.6 Å². The molecule has 36 heavy (non-hydrogen) atoms. The Kier molecular flexibility index (Phi) is 24.6. The molecule has 7 nitrogen and oxygen atoms in total. The summed E-state index contributed by atoms with van der Waals surface area (Å²) in [6.07, 6.45) is 12.4. The highest BCUT2D eigenvalue weighted by Crippen LogP contribution is 2.15. The van der Waals surface area contributed by atoms with E-state index in [0.29, 0.717) is 18.8 Å². The third kappa shape index (κ3) is 23.2. The van der Waals surface area contributed by atoms with Crippen LogP contribution in [0.1, 0.15) is 77.6 Å². The number of nitrogens with zero attached hydrogens (tertiary/aromatic N) is 6. The van der Waals surface area contributed by atoms with Gasteiger partial charge in [-0.1, -0.05) is 19.3 Å². The number of ether oxygens (including phenoxy) is 1. The minimum atomic E-state index is 0.620. The Bertz CT molecular complexity index is 521. The molecule has 0 bridgehead atoms. The standard InChI is InChI=1S/C29H58N6O/c1-6-36-26-14-8-7-9-17-29(27-34(4)22-12-10-20-32(2)24-15-18-30)28-35(5)23-13-11-21-33(3)25-16-19-31/h29H,6-17,20-28H2,1-5H3. The topological polar surface area (TPSA) is 69.8 Å². The second-order valence-corrected chi connectivity index (χ2v) is 10.6. The van der Waals surface area contributed by atoms with Crippen molar-refractivity contribution < 1.29 is 4.74 Å². The first-order valence-corrected chi connectivity index (χ1v) is 14.5. The van der Waals surface area contributed by atoms with E-state index in [4.69, 9.17) is 15.3 Å². The van der Waals surface area contributed by atoms with Gasteiger partial charge in [0.25, 0.3) is 0 Å². The van der Waals surface area contributed by atoms with Crippen LogP contribution in [0.15, 0.2) is 0 Å². The maximum absolute atomic E-state index is 8.74. The van der Waals surface area contributed by atoms with Gasteiger partial charge in [-0.3, -0.25) is 0 Å². The molecule has 0 radical (unpaired) electrons. The van der Waals surface area contributed by atoms with Gasteiger partial charge in [0.1, 0.15) is 0 Å². The minimum absolute atomic E-state index is 0.620. The first-order valence-electron chi connectivity index (χ1n) is 14.5. The van der Waals surface area contributed by atoms with Crippen molar-refractivity contribution in [3.8, 4) is 12.1 Å². The molecule has 0 aliphatic rings. The summed E-state index contributed by atoms with van der Waals surface area (Å²) in [5.74, 6) is 0.712. The molecule has 7 heteroatoms. The fraction of sp³-hybridized carbons (Fsp3) is 0.931. The number of hydrogen-bond donors (Lipinski definition) is 0. The van der Waals surface area contributed by atoms with Crippen molar-refractivity contribution in [3.05, 3.63) is 0 Å². The maximum Gasteiger partial charge on any atom is 0.0635 e. The normalized spacial score (nSPS) is 11.8. The third-order valence-electron chi connectivity index (χ3n) is 6.86. The van der Waals surface area contributed by atoms with Crippen LogP contribution in [0.25, 0.3) is 0 Å². The molecule has 0 heterocycles. The molecule has 0 unspecified atom stereocenters. The minimum Gasteiger partial charge on any atom is -0.382 e. The van der Waals surface area contributed by atoms with Crippen LogP contribution in [0.3, 0.4) is 0 Å². The third-order valence-corrected chi connectivity index (χ3v) is 6.86. The lowest BCUT2D eigenvalue weighted by atomic mass is 9.99. The van der Waals surface area contributed by atoms with E-state index >= 15 is 0 Å². The molecule has 210 valence electrons. The highest BCUT2D eigenvalue weighted by Gasteiger charge is 2.14. The summed E-state index contributed by atoms with van der Waals surface area (Å²) in [7, 11) is 8.80. The van der Waals surface area contributed by atoms with Gasteiger partial charge in [-0.15, -0.1) is 0 Å². The largest absolute Gasteiger partial charge is 0.382 e. The summed E-state index contributed by atoms with van der Waals surface area (Å²) in [4.78, 5) is 9.61. The lowest BCUT2D eigenvalue weighted by molar-refractivity contribution is 0.142. The first kappa shape index (κ1) is 34.8. The molecule has 0 saturated carbocycles. The molecule has 0 aliphatic heterocycles. The Hall–Kier alpha value is -1.22. The van der Waals surface area contributed by atoms with Crippen molar-refractivity contribution in [2.45, 2.75) is 77.6 Å². The highest BCUT2D eigenvalue weighted by atomic mass is 16.5. The Morgan fingerprint density at radius 2 is 1.03 bits per heavy atom. The van der Waals surface area contributed by atoms with Gasteiger partial charge >= 0.3 is 0 Å². The van der Waals surface area contributed by atoms with Gasteiger partial charge in [0.05, 0.1) is 12.1 Å². The molecule has 0 spiro atoms. The molecule has 0 saturated heterocycles. The zero-order valence-corrected chi connectivity index (χ0v) is 24.5. The summed E-state index contributed by atoms with van der Waals surface area (Å²) < 4.78 is 5.48. The number of rotatable bonds is 26. The van der Waals surface area contributed by atoms with Gasteiger partial charge in [0.15, 0.2) is 0 Å². The lowest BCUT2D eigenvalue weighted by Crippen LogP contribution is -2.35. The summed E-state index contributed by atoms with van der Waals surface area (Å²) in [6, 6.07) is 4.47. The number of nitriles is 2. The number of unbranched alkanes of at least 4 members (excludes halogenated alkanes) is 5. The molecule has 0 aromatic heterocycles. The van der Waals surface area contributed by atoms with E-state index in [9.17, 15) is 0 Å². The van der Waals surface area contributed by atoms with Crippen molar-refractivity contribution in [1.82, 2.24) is 19.6 Å². The first-order chi connectivity index (χ1) is 17.4. The molecule has 0 aromatic carbocycles. The van der Waals surface area contributed by atoms with Crippen molar-refractivity contribution in [3.63, 3.8) is 0 Å². The molecule has 0 aliphatic carbocycles. The SMILES string of the molecule is CCOCCCCCCC(CN(C)CCCCN(C)CCC#N)CN(C)CCCCN(C)CCC#N. The molecular formula is C29H58N6O. The van der Waals surface area contributed by atoms with E-state index in [0.717, 1.165) is 52.5 Å². The Morgan fingerprint density at radius 1 is 0.583 bits per heavy atom. The van der Waals surface area contributed by atoms with Crippen LogP contribution in [-0.2, 0) is 4.74 Å². The van der Waals surface area contributed by atoms with Crippen LogP contribution in [0.5, 0.6) is 0 Å². The van der Waals surface area contributed by atoms with E-state index in [-0.39, 0.29) is 0 Å². The van der Waals surface area contributed by atoms with Crippen LogP contribution in [0.2, 0.25) is 0 Å². The van der Waals surface area contributed by atoms with Crippen LogP contribution in [-0.4, -0.2) is 113 Å². The van der Waals surface area contributed by atoms with Crippen molar-refractivity contribution in [2.24, 2.45) is 5.92 Å². The van der Waals surface area contributed by atoms with Gasteiger partial charge in [-0.25, -0.2) is 0 Å². The molecule has 0 rings (SSSR count). The zero-order chi connectivity index (χ0) is 26.9. The summed E-state index contributed by atoms with van der Waals surface area (Å²) in [5, 5.41) is 17.5. The van der Waals surface area contributed by atoms with Gasteiger partial charge in [-0.05, 0) is 106 Å². The predicted molar refractivity (Wildman–Crippen MR) is 152 cm³/mol. The van der Waals surface area contributed by atoms with Gasteiger partial charge in [0, 0.05) is 52.2 Å². The second kappa shape index (κ2) is 25.4. The predicted octanol–water partition coefficient (Wildman–Crippen LogP) is 4.70. The van der Waals surface area contributed by atoms with Crippen LogP contribution in [0.4, 0.5) is 0 Å². The van der Waals surface area contributed by atoms with E-state index in [1.165, 1.54) is 70.9 Å². The summed E-state index contributed by atoms with van der Waals surface area (Å²) >= 11 is 0. The summed E-state index contributed by atoms with van der Waals surface area (Å²) in [6.45, 7) is 12.3. The quantitative estimate of drug-likeness (QED) is 0.157. The van der Waals surface area contributed by atoms with Crippen LogP contribution < -0.4 is 0 Å². The fourth-order valence-electron chi connectivity index (χ4n) is 4.67.